The zero-order valence-electron chi connectivity index (χ0n) is 16.2. The van der Waals surface area contributed by atoms with Crippen LogP contribution in [0.5, 0.6) is 0 Å². The van der Waals surface area contributed by atoms with Crippen molar-refractivity contribution in [1.29, 1.82) is 0 Å². The van der Waals surface area contributed by atoms with Crippen molar-refractivity contribution < 1.29 is 29.4 Å². The molecule has 3 aromatic rings. The number of nitrogens with zero attached hydrogens (tertiary/aromatic N) is 6. The molecule has 0 saturated carbocycles. The van der Waals surface area contributed by atoms with Crippen molar-refractivity contribution >= 4 is 41.1 Å². The van der Waals surface area contributed by atoms with Crippen molar-refractivity contribution in [3.05, 3.63) is 40.4 Å². The number of aliphatic hydroxyl groups excluding tert-OH is 3. The van der Waals surface area contributed by atoms with E-state index in [-0.39, 0.29) is 34.6 Å². The van der Waals surface area contributed by atoms with Gasteiger partial charge in [-0.25, -0.2) is 20.4 Å². The highest BCUT2D eigenvalue weighted by Gasteiger charge is 2.45. The summed E-state index contributed by atoms with van der Waals surface area (Å²) < 4.78 is 11.9. The highest BCUT2D eigenvalue weighted by atomic mass is 16.6. The summed E-state index contributed by atoms with van der Waals surface area (Å²) in [6.07, 6.45) is 0.569. The SMILES string of the molecule is Nc1ncnc2c1nc(NN=CC=Cc1ccc([N+](=O)[O-])o1)n2[C@H]1O[C@@H](CO)[C@H](O)[C@@H]1O. The molecule has 1 fully saturated rings. The third-order valence-electron chi connectivity index (χ3n) is 4.66. The van der Waals surface area contributed by atoms with E-state index in [4.69, 9.17) is 14.9 Å². The van der Waals surface area contributed by atoms with Gasteiger partial charge < -0.3 is 30.2 Å². The molecule has 1 aliphatic rings. The lowest BCUT2D eigenvalue weighted by atomic mass is 10.1. The Morgan fingerprint density at radius 3 is 2.84 bits per heavy atom. The molecule has 32 heavy (non-hydrogen) atoms. The average molecular weight is 446 g/mol. The van der Waals surface area contributed by atoms with Gasteiger partial charge in [-0.05, 0) is 18.2 Å². The zero-order valence-corrected chi connectivity index (χ0v) is 16.2. The second-order valence-electron chi connectivity index (χ2n) is 6.65. The molecule has 4 rings (SSSR count). The van der Waals surface area contributed by atoms with Crippen molar-refractivity contribution in [2.75, 3.05) is 17.8 Å². The van der Waals surface area contributed by atoms with Crippen LogP contribution in [0.4, 0.5) is 17.7 Å². The maximum absolute atomic E-state index is 10.6. The molecule has 0 aromatic carbocycles. The molecule has 0 aliphatic carbocycles. The van der Waals surface area contributed by atoms with Gasteiger partial charge in [0.2, 0.25) is 5.95 Å². The number of furan rings is 1. The van der Waals surface area contributed by atoms with Gasteiger partial charge in [0.15, 0.2) is 23.2 Å². The van der Waals surface area contributed by atoms with Crippen molar-refractivity contribution in [1.82, 2.24) is 19.5 Å². The van der Waals surface area contributed by atoms with Gasteiger partial charge in [-0.15, -0.1) is 0 Å². The minimum atomic E-state index is -1.39. The molecular weight excluding hydrogens is 428 g/mol. The van der Waals surface area contributed by atoms with Gasteiger partial charge in [0.25, 0.3) is 0 Å². The number of hydrazone groups is 1. The number of hydrogen-bond donors (Lipinski definition) is 5. The number of aliphatic hydroxyl groups is 3. The normalized spacial score (nSPS) is 23.6. The number of imidazole rings is 1. The molecular formula is C17H18N8O7. The van der Waals surface area contributed by atoms with Crippen LogP contribution in [-0.4, -0.2) is 70.9 Å². The van der Waals surface area contributed by atoms with Gasteiger partial charge in [-0.2, -0.15) is 5.10 Å². The van der Waals surface area contributed by atoms with E-state index in [1.54, 1.807) is 0 Å². The summed E-state index contributed by atoms with van der Waals surface area (Å²) in [4.78, 5) is 22.3. The lowest BCUT2D eigenvalue weighted by Crippen LogP contribution is -2.33. The third kappa shape index (κ3) is 3.87. The Morgan fingerprint density at radius 1 is 1.34 bits per heavy atom. The standard InChI is InChI=1S/C17H18N8O7/c18-14-11-15(20-7-19-14)24(16-13(28)12(27)9(6-26)32-16)17(22-11)23-21-5-1-2-8-3-4-10(31-8)25(29)30/h1-5,7,9,12-13,16,26-28H,6H2,(H,22,23)(H2,18,19,20)/t9-,12-,13-,16-/m0/s1. The first kappa shape index (κ1) is 21.3. The zero-order chi connectivity index (χ0) is 22.8. The Balaban J connectivity index is 1.59. The van der Waals surface area contributed by atoms with Gasteiger partial charge in [-0.3, -0.25) is 14.7 Å². The maximum Gasteiger partial charge on any atom is 0.433 e. The van der Waals surface area contributed by atoms with Gasteiger partial charge in [0.05, 0.1) is 12.7 Å². The molecule has 0 radical (unpaired) electrons. The van der Waals surface area contributed by atoms with Crippen molar-refractivity contribution in [3.8, 4) is 0 Å². The molecule has 0 spiro atoms. The van der Waals surface area contributed by atoms with E-state index in [1.807, 2.05) is 0 Å². The summed E-state index contributed by atoms with van der Waals surface area (Å²) in [5.41, 5.74) is 8.94. The smallest absolute Gasteiger partial charge is 0.401 e. The number of fused-ring (bicyclic) bond motifs is 1. The topological polar surface area (TPSA) is 220 Å². The summed E-state index contributed by atoms with van der Waals surface area (Å²) in [6, 6.07) is 2.66. The van der Waals surface area contributed by atoms with Crippen LogP contribution in [0.2, 0.25) is 0 Å². The van der Waals surface area contributed by atoms with Crippen LogP contribution < -0.4 is 11.2 Å². The van der Waals surface area contributed by atoms with Gasteiger partial charge in [-0.1, -0.05) is 0 Å². The summed E-state index contributed by atoms with van der Waals surface area (Å²) >= 11 is 0. The molecule has 0 bridgehead atoms. The van der Waals surface area contributed by atoms with Gasteiger partial charge in [0, 0.05) is 6.21 Å². The largest absolute Gasteiger partial charge is 0.433 e. The van der Waals surface area contributed by atoms with Crippen molar-refractivity contribution in [3.63, 3.8) is 0 Å². The van der Waals surface area contributed by atoms with E-state index in [1.165, 1.54) is 41.4 Å². The fraction of sp³-hybridized carbons (Fsp3) is 0.294. The Hall–Kier alpha value is -3.92. The highest BCUT2D eigenvalue weighted by molar-refractivity contribution is 5.84. The molecule has 4 atom stereocenters. The summed E-state index contributed by atoms with van der Waals surface area (Å²) in [6.45, 7) is -0.505. The number of nitro groups is 1. The molecule has 15 heteroatoms. The fourth-order valence-electron chi connectivity index (χ4n) is 3.15. The maximum atomic E-state index is 10.6. The first-order valence-corrected chi connectivity index (χ1v) is 9.21. The predicted molar refractivity (Wildman–Crippen MR) is 109 cm³/mol. The fourth-order valence-corrected chi connectivity index (χ4v) is 3.15. The number of nitrogen functional groups attached to an aromatic ring is 1. The molecule has 4 heterocycles. The minimum absolute atomic E-state index is 0.0697. The number of anilines is 2. The molecule has 6 N–H and O–H groups in total. The van der Waals surface area contributed by atoms with E-state index >= 15 is 0 Å². The predicted octanol–water partition coefficient (Wildman–Crippen LogP) is -0.368. The van der Waals surface area contributed by atoms with E-state index in [0.29, 0.717) is 0 Å². The average Bonchev–Trinajstić information content (AvgIpc) is 3.46. The van der Waals surface area contributed by atoms with E-state index in [9.17, 15) is 25.4 Å². The lowest BCUT2D eigenvalue weighted by Gasteiger charge is -2.18. The number of nitrogens with two attached hydrogens (primary N) is 1. The Bertz CT molecular complexity index is 1190. The van der Waals surface area contributed by atoms with Crippen LogP contribution in [0.3, 0.4) is 0 Å². The molecule has 15 nitrogen and oxygen atoms in total. The molecule has 1 saturated heterocycles. The summed E-state index contributed by atoms with van der Waals surface area (Å²) in [7, 11) is 0. The van der Waals surface area contributed by atoms with Crippen LogP contribution in [0.25, 0.3) is 17.2 Å². The molecule has 0 amide bonds. The van der Waals surface area contributed by atoms with Crippen LogP contribution in [0, 0.1) is 10.1 Å². The Kier molecular flexibility index (Phi) is 5.78. The second-order valence-corrected chi connectivity index (χ2v) is 6.65. The van der Waals surface area contributed by atoms with Crippen molar-refractivity contribution in [2.45, 2.75) is 24.5 Å². The number of rotatable bonds is 7. The molecule has 3 aromatic heterocycles. The summed E-state index contributed by atoms with van der Waals surface area (Å²) in [5, 5.41) is 44.5. The second kappa shape index (κ2) is 8.67. The number of allylic oxidation sites excluding steroid dienone is 1. The Labute approximate surface area is 178 Å². The molecule has 1 aliphatic heterocycles. The quantitative estimate of drug-likeness (QED) is 0.178. The number of ether oxygens (including phenoxy) is 1. The third-order valence-corrected chi connectivity index (χ3v) is 4.66. The van der Waals surface area contributed by atoms with Crippen LogP contribution in [-0.2, 0) is 4.74 Å². The van der Waals surface area contributed by atoms with Crippen LogP contribution in [0.15, 0.2) is 34.1 Å². The van der Waals surface area contributed by atoms with E-state index < -0.39 is 36.1 Å². The van der Waals surface area contributed by atoms with Crippen LogP contribution >= 0.6 is 0 Å². The number of nitrogens with one attached hydrogen (secondary N) is 1. The monoisotopic (exact) mass is 446 g/mol. The first-order chi connectivity index (χ1) is 15.4. The van der Waals surface area contributed by atoms with E-state index in [0.717, 1.165) is 0 Å². The van der Waals surface area contributed by atoms with Gasteiger partial charge >= 0.3 is 5.88 Å². The van der Waals surface area contributed by atoms with Crippen LogP contribution in [0.1, 0.15) is 12.0 Å². The Morgan fingerprint density at radius 2 is 2.16 bits per heavy atom. The number of hydrogen-bond acceptors (Lipinski definition) is 13. The van der Waals surface area contributed by atoms with E-state index in [2.05, 4.69) is 25.5 Å². The summed E-state index contributed by atoms with van der Waals surface area (Å²) in [5.74, 6) is 0.0164. The minimum Gasteiger partial charge on any atom is -0.401 e. The first-order valence-electron chi connectivity index (χ1n) is 9.21. The van der Waals surface area contributed by atoms with Gasteiger partial charge in [0.1, 0.15) is 35.3 Å². The number of aromatic nitrogens is 4. The molecule has 0 unspecified atom stereocenters. The molecule has 168 valence electrons. The highest BCUT2D eigenvalue weighted by Crippen LogP contribution is 2.35. The van der Waals surface area contributed by atoms with Crippen molar-refractivity contribution in [2.24, 2.45) is 5.10 Å². The lowest BCUT2D eigenvalue weighted by molar-refractivity contribution is -0.402.